The lowest BCUT2D eigenvalue weighted by atomic mass is 10.2. The van der Waals surface area contributed by atoms with Crippen molar-refractivity contribution in [3.8, 4) is 0 Å². The van der Waals surface area contributed by atoms with Gasteiger partial charge in [0.15, 0.2) is 0 Å². The fraction of sp³-hybridized carbons (Fsp3) is 0.357. The van der Waals surface area contributed by atoms with E-state index >= 15 is 0 Å². The molecular weight excluding hydrogens is 214 g/mol. The van der Waals surface area contributed by atoms with Gasteiger partial charge in [-0.15, -0.1) is 0 Å². The molecule has 0 amide bonds. The molecule has 3 nitrogen and oxygen atoms in total. The van der Waals surface area contributed by atoms with Crippen LogP contribution < -0.4 is 10.6 Å². The van der Waals surface area contributed by atoms with Crippen molar-refractivity contribution in [3.63, 3.8) is 0 Å². The molecule has 0 aliphatic carbocycles. The first kappa shape index (κ1) is 13.3. The number of allylic oxidation sites excluding steroid dienone is 1. The molecule has 0 atom stereocenters. The molecule has 92 valence electrons. The zero-order valence-electron chi connectivity index (χ0n) is 10.6. The van der Waals surface area contributed by atoms with E-state index in [1.54, 1.807) is 13.0 Å². The number of H-pyrrole nitrogens is 1. The molecular formula is C14H19NO2. The van der Waals surface area contributed by atoms with E-state index in [2.05, 4.69) is 31.5 Å². The van der Waals surface area contributed by atoms with Crippen LogP contribution in [0.1, 0.15) is 31.3 Å². The zero-order valence-corrected chi connectivity index (χ0v) is 10.6. The van der Waals surface area contributed by atoms with E-state index in [0.717, 1.165) is 10.6 Å². The lowest BCUT2D eigenvalue weighted by Crippen LogP contribution is -2.22. The van der Waals surface area contributed by atoms with E-state index in [1.807, 2.05) is 12.1 Å². The Morgan fingerprint density at radius 1 is 1.59 bits per heavy atom. The van der Waals surface area contributed by atoms with Crippen molar-refractivity contribution in [3.05, 3.63) is 35.0 Å². The molecule has 0 fully saturated rings. The van der Waals surface area contributed by atoms with Crippen LogP contribution in [0.25, 0.3) is 12.2 Å². The topological polar surface area (TPSA) is 42.1 Å². The maximum Gasteiger partial charge on any atom is 0.354 e. The normalized spacial score (nSPS) is 13.2. The summed E-state index contributed by atoms with van der Waals surface area (Å²) in [6.07, 6.45) is 5.63. The lowest BCUT2D eigenvalue weighted by Gasteiger charge is -1.96. The van der Waals surface area contributed by atoms with Gasteiger partial charge in [0.25, 0.3) is 0 Å². The molecule has 1 heterocycles. The number of rotatable bonds is 4. The van der Waals surface area contributed by atoms with Crippen LogP contribution in [0, 0.1) is 5.92 Å². The summed E-state index contributed by atoms with van der Waals surface area (Å²) < 4.78 is 4.96. The number of carbonyl (C=O) groups is 1. The molecule has 0 aliphatic heterocycles. The van der Waals surface area contributed by atoms with Gasteiger partial charge in [-0.2, -0.15) is 0 Å². The van der Waals surface area contributed by atoms with Crippen LogP contribution in [-0.4, -0.2) is 17.6 Å². The molecule has 0 spiro atoms. The largest absolute Gasteiger partial charge is 0.461 e. The Bertz CT molecular complexity index is 509. The summed E-state index contributed by atoms with van der Waals surface area (Å²) in [6, 6.07) is 1.81. The summed E-state index contributed by atoms with van der Waals surface area (Å²) in [5.41, 5.74) is 0.479. The SMILES string of the molecule is C=C/C=c1/[nH]c(C(=O)OCC)c/c1=C/C(C)C. The quantitative estimate of drug-likeness (QED) is 0.802. The summed E-state index contributed by atoms with van der Waals surface area (Å²) in [6.45, 7) is 10.0. The van der Waals surface area contributed by atoms with Crippen molar-refractivity contribution >= 4 is 18.1 Å². The molecule has 17 heavy (non-hydrogen) atoms. The number of ether oxygens (including phenoxy) is 1. The maximum absolute atomic E-state index is 11.6. The van der Waals surface area contributed by atoms with Gasteiger partial charge in [0, 0.05) is 5.35 Å². The second kappa shape index (κ2) is 6.09. The highest BCUT2D eigenvalue weighted by molar-refractivity contribution is 5.87. The minimum absolute atomic E-state index is 0.324. The van der Waals surface area contributed by atoms with Crippen LogP contribution >= 0.6 is 0 Å². The van der Waals surface area contributed by atoms with Gasteiger partial charge in [-0.25, -0.2) is 4.79 Å². The minimum Gasteiger partial charge on any atom is -0.461 e. The third-order valence-corrected chi connectivity index (χ3v) is 2.17. The lowest BCUT2D eigenvalue weighted by molar-refractivity contribution is 0.0520. The summed E-state index contributed by atoms with van der Waals surface area (Å²) in [7, 11) is 0. The number of carbonyl (C=O) groups excluding carboxylic acids is 1. The predicted molar refractivity (Wildman–Crippen MR) is 70.0 cm³/mol. The van der Waals surface area contributed by atoms with E-state index in [-0.39, 0.29) is 5.97 Å². The van der Waals surface area contributed by atoms with Crippen molar-refractivity contribution < 1.29 is 9.53 Å². The van der Waals surface area contributed by atoms with Crippen molar-refractivity contribution in [2.75, 3.05) is 6.61 Å². The average molecular weight is 233 g/mol. The highest BCUT2D eigenvalue weighted by Crippen LogP contribution is 1.95. The standard InChI is InChI=1S/C14H19NO2/c1-5-7-12-11(8-10(3)4)9-13(15-12)14(16)17-6-2/h5,7-10,15H,1,6H2,2-4H3/b11-8-,12-7+. The number of hydrogen-bond donors (Lipinski definition) is 1. The Kier molecular flexibility index (Phi) is 4.76. The number of esters is 1. The van der Waals surface area contributed by atoms with Crippen LogP contribution in [0.2, 0.25) is 0 Å². The number of nitrogens with one attached hydrogen (secondary N) is 1. The van der Waals surface area contributed by atoms with Gasteiger partial charge >= 0.3 is 5.97 Å². The zero-order chi connectivity index (χ0) is 12.8. The van der Waals surface area contributed by atoms with Crippen LogP contribution in [0.15, 0.2) is 18.7 Å². The maximum atomic E-state index is 11.6. The van der Waals surface area contributed by atoms with Gasteiger partial charge in [0.1, 0.15) is 5.69 Å². The predicted octanol–water partition coefficient (Wildman–Crippen LogP) is 1.59. The Morgan fingerprint density at radius 3 is 2.82 bits per heavy atom. The molecule has 1 rings (SSSR count). The summed E-state index contributed by atoms with van der Waals surface area (Å²) >= 11 is 0. The van der Waals surface area contributed by atoms with E-state index in [1.165, 1.54) is 0 Å². The molecule has 0 unspecified atom stereocenters. The van der Waals surface area contributed by atoms with E-state index in [9.17, 15) is 4.79 Å². The molecule has 0 saturated carbocycles. The molecule has 0 bridgehead atoms. The van der Waals surface area contributed by atoms with Crippen LogP contribution in [0.5, 0.6) is 0 Å². The Balaban J connectivity index is 3.27. The van der Waals surface area contributed by atoms with Gasteiger partial charge in [-0.1, -0.05) is 32.6 Å². The van der Waals surface area contributed by atoms with Gasteiger partial charge in [-0.3, -0.25) is 0 Å². The number of hydrogen-bond acceptors (Lipinski definition) is 2. The minimum atomic E-state index is -0.324. The third-order valence-electron chi connectivity index (χ3n) is 2.17. The summed E-state index contributed by atoms with van der Waals surface area (Å²) in [5.74, 6) is 0.0902. The monoisotopic (exact) mass is 233 g/mol. The molecule has 1 aromatic heterocycles. The fourth-order valence-corrected chi connectivity index (χ4v) is 1.56. The van der Waals surface area contributed by atoms with Crippen molar-refractivity contribution in [1.29, 1.82) is 0 Å². The highest BCUT2D eigenvalue weighted by Gasteiger charge is 2.08. The van der Waals surface area contributed by atoms with Gasteiger partial charge < -0.3 is 9.72 Å². The van der Waals surface area contributed by atoms with E-state index in [0.29, 0.717) is 18.2 Å². The first-order valence-electron chi connectivity index (χ1n) is 5.79. The number of aromatic amines is 1. The summed E-state index contributed by atoms with van der Waals surface area (Å²) in [5, 5.41) is 1.89. The van der Waals surface area contributed by atoms with Crippen LogP contribution in [0.4, 0.5) is 0 Å². The van der Waals surface area contributed by atoms with Crippen molar-refractivity contribution in [2.24, 2.45) is 5.92 Å². The van der Waals surface area contributed by atoms with Crippen LogP contribution in [0.3, 0.4) is 0 Å². The molecule has 1 aromatic rings. The molecule has 0 aliphatic rings. The van der Waals surface area contributed by atoms with Gasteiger partial charge in [-0.05, 0) is 30.2 Å². The highest BCUT2D eigenvalue weighted by atomic mass is 16.5. The van der Waals surface area contributed by atoms with Gasteiger partial charge in [0.2, 0.25) is 0 Å². The second-order valence-electron chi connectivity index (χ2n) is 4.09. The average Bonchev–Trinajstić information content (AvgIpc) is 2.62. The second-order valence-corrected chi connectivity index (χ2v) is 4.09. The molecule has 1 N–H and O–H groups in total. The fourth-order valence-electron chi connectivity index (χ4n) is 1.56. The first-order chi connectivity index (χ1) is 8.08. The Labute approximate surface area is 101 Å². The molecule has 0 radical (unpaired) electrons. The molecule has 3 heteroatoms. The van der Waals surface area contributed by atoms with E-state index in [4.69, 9.17) is 4.74 Å². The molecule has 0 saturated heterocycles. The Hall–Kier alpha value is -1.77. The Morgan fingerprint density at radius 2 is 2.29 bits per heavy atom. The first-order valence-corrected chi connectivity index (χ1v) is 5.79. The number of aromatic nitrogens is 1. The van der Waals surface area contributed by atoms with E-state index < -0.39 is 0 Å². The van der Waals surface area contributed by atoms with Gasteiger partial charge in [0.05, 0.1) is 6.61 Å². The van der Waals surface area contributed by atoms with Crippen molar-refractivity contribution in [1.82, 2.24) is 4.98 Å². The van der Waals surface area contributed by atoms with Crippen LogP contribution in [-0.2, 0) is 4.74 Å². The summed E-state index contributed by atoms with van der Waals surface area (Å²) in [4.78, 5) is 14.6. The third kappa shape index (κ3) is 3.63. The molecule has 0 aromatic carbocycles. The smallest absolute Gasteiger partial charge is 0.354 e. The van der Waals surface area contributed by atoms with Crippen molar-refractivity contribution in [2.45, 2.75) is 20.8 Å².